The first-order valence-electron chi connectivity index (χ1n) is 6.21. The first-order chi connectivity index (χ1) is 7.81. The predicted octanol–water partition coefficient (Wildman–Crippen LogP) is 3.22. The molecule has 0 saturated carbocycles. The molecule has 2 unspecified atom stereocenters. The van der Waals surface area contributed by atoms with E-state index < -0.39 is 0 Å². The van der Waals surface area contributed by atoms with Gasteiger partial charge in [0.2, 0.25) is 0 Å². The van der Waals surface area contributed by atoms with Gasteiger partial charge in [0.25, 0.3) is 0 Å². The van der Waals surface area contributed by atoms with Crippen LogP contribution < -0.4 is 5.32 Å². The lowest BCUT2D eigenvalue weighted by Gasteiger charge is -2.24. The van der Waals surface area contributed by atoms with Crippen LogP contribution in [0.3, 0.4) is 0 Å². The zero-order valence-corrected chi connectivity index (χ0v) is 10.2. The Bertz CT molecular complexity index is 331. The van der Waals surface area contributed by atoms with E-state index in [0.29, 0.717) is 12.0 Å². The maximum Gasteiger partial charge on any atom is 0.0514 e. The van der Waals surface area contributed by atoms with Crippen molar-refractivity contribution in [1.29, 1.82) is 0 Å². The maximum atomic E-state index is 5.47. The van der Waals surface area contributed by atoms with E-state index in [1.165, 1.54) is 17.7 Å². The molecule has 2 rings (SSSR count). The Morgan fingerprint density at radius 3 is 2.88 bits per heavy atom. The number of hydrogen-bond donors (Lipinski definition) is 1. The van der Waals surface area contributed by atoms with E-state index in [0.717, 1.165) is 19.6 Å². The summed E-state index contributed by atoms with van der Waals surface area (Å²) in [5.41, 5.74) is 2.58. The van der Waals surface area contributed by atoms with Crippen molar-refractivity contribution in [2.45, 2.75) is 32.7 Å². The van der Waals surface area contributed by atoms with E-state index in [-0.39, 0.29) is 0 Å². The van der Waals surface area contributed by atoms with Gasteiger partial charge in [-0.1, -0.05) is 25.1 Å². The van der Waals surface area contributed by atoms with E-state index in [2.05, 4.69) is 43.4 Å². The Kier molecular flexibility index (Phi) is 3.83. The molecule has 0 radical (unpaired) electrons. The summed E-state index contributed by atoms with van der Waals surface area (Å²) in [7, 11) is 0. The Morgan fingerprint density at radius 2 is 2.25 bits per heavy atom. The summed E-state index contributed by atoms with van der Waals surface area (Å²) in [6.45, 7) is 6.24. The van der Waals surface area contributed by atoms with Crippen molar-refractivity contribution in [3.05, 3.63) is 29.8 Å². The number of rotatable bonds is 4. The number of aryl methyl sites for hydroxylation is 1. The number of nitrogens with one attached hydrogen (secondary N) is 1. The highest BCUT2D eigenvalue weighted by molar-refractivity contribution is 5.51. The molecule has 88 valence electrons. The Balaban J connectivity index is 2.03. The van der Waals surface area contributed by atoms with E-state index in [4.69, 9.17) is 4.74 Å². The first-order valence-corrected chi connectivity index (χ1v) is 6.21. The van der Waals surface area contributed by atoms with Crippen molar-refractivity contribution in [2.24, 2.45) is 5.92 Å². The van der Waals surface area contributed by atoms with E-state index in [9.17, 15) is 0 Å². The van der Waals surface area contributed by atoms with Crippen molar-refractivity contribution < 1.29 is 4.74 Å². The SMILES string of the molecule is CCC(Nc1ccccc1C)C1CCOC1. The van der Waals surface area contributed by atoms with Crippen LogP contribution in [-0.2, 0) is 4.74 Å². The average molecular weight is 219 g/mol. The Hall–Kier alpha value is -1.02. The zero-order valence-electron chi connectivity index (χ0n) is 10.2. The molecule has 0 spiro atoms. The number of benzene rings is 1. The van der Waals surface area contributed by atoms with Gasteiger partial charge in [0, 0.05) is 24.3 Å². The van der Waals surface area contributed by atoms with Gasteiger partial charge in [-0.3, -0.25) is 0 Å². The number of anilines is 1. The smallest absolute Gasteiger partial charge is 0.0514 e. The third-order valence-corrected chi connectivity index (χ3v) is 3.46. The second kappa shape index (κ2) is 5.35. The molecule has 16 heavy (non-hydrogen) atoms. The van der Waals surface area contributed by atoms with Gasteiger partial charge in [-0.2, -0.15) is 0 Å². The van der Waals surface area contributed by atoms with Crippen LogP contribution in [0.2, 0.25) is 0 Å². The summed E-state index contributed by atoms with van der Waals surface area (Å²) in [6, 6.07) is 9.03. The number of para-hydroxylation sites is 1. The molecule has 1 aromatic carbocycles. The molecule has 2 heteroatoms. The van der Waals surface area contributed by atoms with Crippen LogP contribution in [-0.4, -0.2) is 19.3 Å². The van der Waals surface area contributed by atoms with Gasteiger partial charge < -0.3 is 10.1 Å². The molecular formula is C14H21NO. The lowest BCUT2D eigenvalue weighted by molar-refractivity contribution is 0.182. The largest absolute Gasteiger partial charge is 0.382 e. The molecule has 1 aliphatic heterocycles. The van der Waals surface area contributed by atoms with Crippen LogP contribution in [0.4, 0.5) is 5.69 Å². The van der Waals surface area contributed by atoms with Crippen molar-refractivity contribution in [1.82, 2.24) is 0 Å². The first kappa shape index (κ1) is 11.5. The summed E-state index contributed by atoms with van der Waals surface area (Å²) in [4.78, 5) is 0. The second-order valence-corrected chi connectivity index (χ2v) is 4.60. The van der Waals surface area contributed by atoms with Crippen molar-refractivity contribution >= 4 is 5.69 Å². The van der Waals surface area contributed by atoms with Gasteiger partial charge in [0.05, 0.1) is 6.61 Å². The summed E-state index contributed by atoms with van der Waals surface area (Å²) in [5.74, 6) is 0.671. The highest BCUT2D eigenvalue weighted by Crippen LogP contribution is 2.24. The van der Waals surface area contributed by atoms with E-state index in [1.54, 1.807) is 0 Å². The van der Waals surface area contributed by atoms with E-state index >= 15 is 0 Å². The van der Waals surface area contributed by atoms with Crippen LogP contribution in [0.15, 0.2) is 24.3 Å². The molecule has 0 bridgehead atoms. The third kappa shape index (κ3) is 2.56. The Labute approximate surface area is 98.0 Å². The van der Waals surface area contributed by atoms with Crippen LogP contribution in [0.1, 0.15) is 25.3 Å². The maximum absolute atomic E-state index is 5.47. The molecular weight excluding hydrogens is 198 g/mol. The minimum Gasteiger partial charge on any atom is -0.382 e. The third-order valence-electron chi connectivity index (χ3n) is 3.46. The number of hydrogen-bond acceptors (Lipinski definition) is 2. The molecule has 0 amide bonds. The van der Waals surface area contributed by atoms with Crippen molar-refractivity contribution in [3.8, 4) is 0 Å². The minimum atomic E-state index is 0.545. The van der Waals surface area contributed by atoms with Crippen LogP contribution in [0.5, 0.6) is 0 Å². The van der Waals surface area contributed by atoms with Gasteiger partial charge in [-0.15, -0.1) is 0 Å². The van der Waals surface area contributed by atoms with Crippen molar-refractivity contribution in [3.63, 3.8) is 0 Å². The number of ether oxygens (including phenoxy) is 1. The Morgan fingerprint density at radius 1 is 1.44 bits per heavy atom. The summed E-state index contributed by atoms with van der Waals surface area (Å²) in [5, 5.41) is 3.66. The highest BCUT2D eigenvalue weighted by Gasteiger charge is 2.24. The summed E-state index contributed by atoms with van der Waals surface area (Å²) >= 11 is 0. The normalized spacial score (nSPS) is 22.0. The fourth-order valence-corrected chi connectivity index (χ4v) is 2.36. The van der Waals surface area contributed by atoms with Crippen LogP contribution >= 0.6 is 0 Å². The molecule has 2 nitrogen and oxygen atoms in total. The van der Waals surface area contributed by atoms with Crippen LogP contribution in [0.25, 0.3) is 0 Å². The van der Waals surface area contributed by atoms with Gasteiger partial charge in [0.1, 0.15) is 0 Å². The second-order valence-electron chi connectivity index (χ2n) is 4.60. The van der Waals surface area contributed by atoms with Gasteiger partial charge >= 0.3 is 0 Å². The van der Waals surface area contributed by atoms with Gasteiger partial charge in [0.15, 0.2) is 0 Å². The molecule has 1 fully saturated rings. The van der Waals surface area contributed by atoms with E-state index in [1.807, 2.05) is 0 Å². The molecule has 1 heterocycles. The molecule has 1 N–H and O–H groups in total. The quantitative estimate of drug-likeness (QED) is 0.839. The topological polar surface area (TPSA) is 21.3 Å². The van der Waals surface area contributed by atoms with Crippen LogP contribution in [0, 0.1) is 12.8 Å². The molecule has 2 atom stereocenters. The van der Waals surface area contributed by atoms with Gasteiger partial charge in [-0.25, -0.2) is 0 Å². The lowest BCUT2D eigenvalue weighted by atomic mass is 9.96. The molecule has 0 aliphatic carbocycles. The summed E-state index contributed by atoms with van der Waals surface area (Å²) in [6.07, 6.45) is 2.35. The minimum absolute atomic E-state index is 0.545. The predicted molar refractivity (Wildman–Crippen MR) is 67.8 cm³/mol. The van der Waals surface area contributed by atoms with Crippen molar-refractivity contribution in [2.75, 3.05) is 18.5 Å². The average Bonchev–Trinajstić information content (AvgIpc) is 2.81. The summed E-state index contributed by atoms with van der Waals surface area (Å²) < 4.78 is 5.47. The lowest BCUT2D eigenvalue weighted by Crippen LogP contribution is -2.29. The van der Waals surface area contributed by atoms with Gasteiger partial charge in [-0.05, 0) is 31.4 Å². The zero-order chi connectivity index (χ0) is 11.4. The standard InChI is InChI=1S/C14H21NO/c1-3-13(12-8-9-16-10-12)15-14-7-5-4-6-11(14)2/h4-7,12-13,15H,3,8-10H2,1-2H3. The molecule has 1 aromatic rings. The monoisotopic (exact) mass is 219 g/mol. The molecule has 1 aliphatic rings. The highest BCUT2D eigenvalue weighted by atomic mass is 16.5. The fourth-order valence-electron chi connectivity index (χ4n) is 2.36. The molecule has 0 aromatic heterocycles. The fraction of sp³-hybridized carbons (Fsp3) is 0.571. The molecule has 1 saturated heterocycles.